The van der Waals surface area contributed by atoms with Crippen molar-refractivity contribution < 1.29 is 4.74 Å². The number of unbranched alkanes of at least 4 members (excludes halogenated alkanes) is 1. The topological polar surface area (TPSA) is 44.1 Å². The average molecular weight is 369 g/mol. The molecular formula is C21H24N2O2S. The lowest BCUT2D eigenvalue weighted by Gasteiger charge is -2.14. The Bertz CT molecular complexity index is 966. The number of aromatic nitrogens is 2. The van der Waals surface area contributed by atoms with Crippen LogP contribution in [-0.4, -0.2) is 16.7 Å². The molecule has 0 amide bonds. The van der Waals surface area contributed by atoms with Crippen LogP contribution in [0.15, 0.2) is 52.4 Å². The van der Waals surface area contributed by atoms with Crippen molar-refractivity contribution in [3.8, 4) is 5.75 Å². The molecule has 136 valence electrons. The highest BCUT2D eigenvalue weighted by Gasteiger charge is 2.12. The summed E-state index contributed by atoms with van der Waals surface area (Å²) in [6.45, 7) is 4.89. The number of methoxy groups -OCH3 is 1. The van der Waals surface area contributed by atoms with Gasteiger partial charge in [0.25, 0.3) is 5.56 Å². The molecule has 0 spiro atoms. The van der Waals surface area contributed by atoms with Gasteiger partial charge in [-0.3, -0.25) is 9.36 Å². The maximum absolute atomic E-state index is 12.9. The molecule has 0 unspecified atom stereocenters. The summed E-state index contributed by atoms with van der Waals surface area (Å²) in [7, 11) is 1.68. The zero-order chi connectivity index (χ0) is 18.5. The van der Waals surface area contributed by atoms with Gasteiger partial charge in [0.15, 0.2) is 5.16 Å². The van der Waals surface area contributed by atoms with Crippen LogP contribution in [0.4, 0.5) is 0 Å². The minimum Gasteiger partial charge on any atom is -0.496 e. The normalized spacial score (nSPS) is 11.0. The lowest BCUT2D eigenvalue weighted by Crippen LogP contribution is -2.23. The quantitative estimate of drug-likeness (QED) is 0.444. The molecule has 0 radical (unpaired) electrons. The van der Waals surface area contributed by atoms with E-state index in [1.165, 1.54) is 5.56 Å². The van der Waals surface area contributed by atoms with Crippen molar-refractivity contribution in [2.24, 2.45) is 0 Å². The molecule has 0 saturated carbocycles. The summed E-state index contributed by atoms with van der Waals surface area (Å²) in [6, 6.07) is 13.7. The van der Waals surface area contributed by atoms with Crippen LogP contribution >= 0.6 is 11.8 Å². The van der Waals surface area contributed by atoms with Crippen LogP contribution in [-0.2, 0) is 12.3 Å². The summed E-state index contributed by atoms with van der Waals surface area (Å²) >= 11 is 1.59. The Balaban J connectivity index is 1.98. The number of hydrogen-bond acceptors (Lipinski definition) is 4. The second-order valence-electron chi connectivity index (χ2n) is 6.33. The van der Waals surface area contributed by atoms with E-state index in [2.05, 4.69) is 19.9 Å². The van der Waals surface area contributed by atoms with Gasteiger partial charge < -0.3 is 4.74 Å². The number of thioether (sulfide) groups is 1. The first-order chi connectivity index (χ1) is 12.6. The molecule has 0 bridgehead atoms. The predicted octanol–water partition coefficient (Wildman–Crippen LogP) is 4.81. The van der Waals surface area contributed by atoms with Crippen LogP contribution < -0.4 is 10.3 Å². The van der Waals surface area contributed by atoms with Gasteiger partial charge in [-0.15, -0.1) is 0 Å². The van der Waals surface area contributed by atoms with Gasteiger partial charge in [0, 0.05) is 17.9 Å². The molecule has 1 heterocycles. The van der Waals surface area contributed by atoms with Gasteiger partial charge in [-0.05, 0) is 31.5 Å². The molecule has 0 fully saturated rings. The average Bonchev–Trinajstić information content (AvgIpc) is 2.66. The third kappa shape index (κ3) is 3.93. The van der Waals surface area contributed by atoms with E-state index in [1.54, 1.807) is 18.9 Å². The van der Waals surface area contributed by atoms with Crippen LogP contribution in [0.1, 0.15) is 30.9 Å². The largest absolute Gasteiger partial charge is 0.496 e. The summed E-state index contributed by atoms with van der Waals surface area (Å²) in [5, 5.41) is 1.45. The second-order valence-corrected chi connectivity index (χ2v) is 7.27. The molecular weight excluding hydrogens is 344 g/mol. The number of hydrogen-bond donors (Lipinski definition) is 0. The first-order valence-corrected chi connectivity index (χ1v) is 9.88. The van der Waals surface area contributed by atoms with Crippen molar-refractivity contribution in [1.82, 2.24) is 9.55 Å². The first kappa shape index (κ1) is 18.5. The smallest absolute Gasteiger partial charge is 0.262 e. The molecule has 26 heavy (non-hydrogen) atoms. The van der Waals surface area contributed by atoms with Crippen LogP contribution in [0.25, 0.3) is 10.9 Å². The number of para-hydroxylation sites is 1. The highest BCUT2D eigenvalue weighted by Crippen LogP contribution is 2.28. The Labute approximate surface area is 158 Å². The van der Waals surface area contributed by atoms with E-state index in [-0.39, 0.29) is 5.56 Å². The summed E-state index contributed by atoms with van der Waals surface area (Å²) in [4.78, 5) is 17.7. The molecule has 1 aromatic heterocycles. The molecule has 0 atom stereocenters. The molecule has 0 aliphatic carbocycles. The van der Waals surface area contributed by atoms with Gasteiger partial charge >= 0.3 is 0 Å². The molecule has 3 aromatic rings. The fourth-order valence-electron chi connectivity index (χ4n) is 2.93. The molecule has 2 aromatic carbocycles. The summed E-state index contributed by atoms with van der Waals surface area (Å²) in [5.74, 6) is 1.58. The van der Waals surface area contributed by atoms with E-state index >= 15 is 0 Å². The predicted molar refractivity (Wildman–Crippen MR) is 108 cm³/mol. The van der Waals surface area contributed by atoms with Crippen LogP contribution in [0.2, 0.25) is 0 Å². The SMILES string of the molecule is CCCCn1c(SCc2cc(C)ccc2OC)nc2ccccc2c1=O. The molecule has 0 aliphatic rings. The Morgan fingerprint density at radius 1 is 1.19 bits per heavy atom. The zero-order valence-electron chi connectivity index (χ0n) is 15.5. The number of aryl methyl sites for hydroxylation is 1. The van der Waals surface area contributed by atoms with Crippen LogP contribution in [0.3, 0.4) is 0 Å². The summed E-state index contributed by atoms with van der Waals surface area (Å²) in [5.41, 5.74) is 3.10. The van der Waals surface area contributed by atoms with Crippen molar-refractivity contribution in [1.29, 1.82) is 0 Å². The molecule has 0 aliphatic heterocycles. The van der Waals surface area contributed by atoms with E-state index in [4.69, 9.17) is 9.72 Å². The molecule has 0 N–H and O–H groups in total. The van der Waals surface area contributed by atoms with Crippen molar-refractivity contribution in [2.75, 3.05) is 7.11 Å². The number of benzene rings is 2. The minimum atomic E-state index is 0.0442. The van der Waals surface area contributed by atoms with Gasteiger partial charge in [0.2, 0.25) is 0 Å². The van der Waals surface area contributed by atoms with E-state index < -0.39 is 0 Å². The van der Waals surface area contributed by atoms with E-state index in [0.717, 1.165) is 34.8 Å². The molecule has 3 rings (SSSR count). The number of nitrogens with zero attached hydrogens (tertiary/aromatic N) is 2. The lowest BCUT2D eigenvalue weighted by atomic mass is 10.1. The summed E-state index contributed by atoms with van der Waals surface area (Å²) < 4.78 is 7.29. The lowest BCUT2D eigenvalue weighted by molar-refractivity contribution is 0.411. The van der Waals surface area contributed by atoms with Crippen LogP contribution in [0, 0.1) is 6.92 Å². The Hall–Kier alpha value is -2.27. The maximum atomic E-state index is 12.9. The van der Waals surface area contributed by atoms with Crippen molar-refractivity contribution in [2.45, 2.75) is 44.1 Å². The first-order valence-electron chi connectivity index (χ1n) is 8.90. The highest BCUT2D eigenvalue weighted by molar-refractivity contribution is 7.98. The molecule has 5 heteroatoms. The van der Waals surface area contributed by atoms with Gasteiger partial charge in [-0.25, -0.2) is 4.98 Å². The van der Waals surface area contributed by atoms with Crippen molar-refractivity contribution >= 4 is 22.7 Å². The monoisotopic (exact) mass is 368 g/mol. The Kier molecular flexibility index (Phi) is 5.99. The number of ether oxygens (including phenoxy) is 1. The molecule has 4 nitrogen and oxygen atoms in total. The van der Waals surface area contributed by atoms with Crippen LogP contribution in [0.5, 0.6) is 5.75 Å². The Morgan fingerprint density at radius 3 is 2.77 bits per heavy atom. The maximum Gasteiger partial charge on any atom is 0.262 e. The van der Waals surface area contributed by atoms with Crippen molar-refractivity contribution in [3.05, 3.63) is 63.9 Å². The fraction of sp³-hybridized carbons (Fsp3) is 0.333. The second kappa shape index (κ2) is 8.41. The van der Waals surface area contributed by atoms with Gasteiger partial charge in [-0.1, -0.05) is 54.9 Å². The highest BCUT2D eigenvalue weighted by atomic mass is 32.2. The fourth-order valence-corrected chi connectivity index (χ4v) is 3.94. The number of fused-ring (bicyclic) bond motifs is 1. The van der Waals surface area contributed by atoms with Gasteiger partial charge in [0.05, 0.1) is 18.0 Å². The summed E-state index contributed by atoms with van der Waals surface area (Å²) in [6.07, 6.45) is 2.00. The van der Waals surface area contributed by atoms with E-state index in [1.807, 2.05) is 41.0 Å². The van der Waals surface area contributed by atoms with Gasteiger partial charge in [0.1, 0.15) is 5.75 Å². The van der Waals surface area contributed by atoms with E-state index in [0.29, 0.717) is 17.7 Å². The third-order valence-electron chi connectivity index (χ3n) is 4.35. The number of rotatable bonds is 7. The third-order valence-corrected chi connectivity index (χ3v) is 5.38. The standard InChI is InChI=1S/C21H24N2O2S/c1-4-5-12-23-20(24)17-8-6-7-9-18(17)22-21(23)26-14-16-13-15(2)10-11-19(16)25-3/h6-11,13H,4-5,12,14H2,1-3H3. The van der Waals surface area contributed by atoms with Gasteiger partial charge in [-0.2, -0.15) is 0 Å². The molecule has 0 saturated heterocycles. The zero-order valence-corrected chi connectivity index (χ0v) is 16.3. The van der Waals surface area contributed by atoms with E-state index in [9.17, 15) is 4.79 Å². The Morgan fingerprint density at radius 2 is 2.00 bits per heavy atom. The van der Waals surface area contributed by atoms with Crippen molar-refractivity contribution in [3.63, 3.8) is 0 Å². The minimum absolute atomic E-state index is 0.0442.